The van der Waals surface area contributed by atoms with E-state index in [0.29, 0.717) is 0 Å². The Balaban J connectivity index is 3.38. The van der Waals surface area contributed by atoms with Crippen molar-refractivity contribution in [3.05, 3.63) is 28.8 Å². The first-order valence-corrected chi connectivity index (χ1v) is 5.47. The molecule has 0 N–H and O–H groups in total. The second kappa shape index (κ2) is 3.47. The summed E-state index contributed by atoms with van der Waals surface area (Å²) in [6, 6.07) is 4.47. The molecule has 0 aliphatic heterocycles. The summed E-state index contributed by atoms with van der Waals surface area (Å²) in [5, 5.41) is 0. The molecule has 1 rings (SSSR count). The second-order valence-electron chi connectivity index (χ2n) is 4.70. The zero-order valence-corrected chi connectivity index (χ0v) is 10.8. The molecule has 0 amide bonds. The van der Waals surface area contributed by atoms with Gasteiger partial charge in [-0.3, -0.25) is 0 Å². The molecule has 0 heterocycles. The summed E-state index contributed by atoms with van der Waals surface area (Å²) in [4.78, 5) is 0. The number of rotatable bonds is 0. The Morgan fingerprint density at radius 3 is 2.00 bits per heavy atom. The SMILES string of the molecule is Cc1cc(C)c(C(C)(C)C)c([Se])c1. The third-order valence-electron chi connectivity index (χ3n) is 2.19. The second-order valence-corrected chi connectivity index (χ2v) is 5.63. The number of aryl methyl sites for hydroxylation is 2. The third kappa shape index (κ3) is 2.36. The predicted octanol–water partition coefficient (Wildman–Crippen LogP) is 2.39. The van der Waals surface area contributed by atoms with E-state index < -0.39 is 0 Å². The molecule has 71 valence electrons. The molecule has 0 saturated carbocycles. The van der Waals surface area contributed by atoms with Crippen molar-refractivity contribution in [2.45, 2.75) is 40.0 Å². The maximum absolute atomic E-state index is 3.16. The van der Waals surface area contributed by atoms with Crippen LogP contribution in [0.4, 0.5) is 0 Å². The van der Waals surface area contributed by atoms with Crippen LogP contribution in [-0.2, 0) is 5.41 Å². The van der Waals surface area contributed by atoms with E-state index in [4.69, 9.17) is 0 Å². The molecule has 0 nitrogen and oxygen atoms in total. The Morgan fingerprint density at radius 2 is 1.62 bits per heavy atom. The Kier molecular flexibility index (Phi) is 2.89. The van der Waals surface area contributed by atoms with Gasteiger partial charge < -0.3 is 0 Å². The van der Waals surface area contributed by atoms with E-state index >= 15 is 0 Å². The van der Waals surface area contributed by atoms with Crippen LogP contribution in [0.15, 0.2) is 12.1 Å². The summed E-state index contributed by atoms with van der Waals surface area (Å²) in [6.45, 7) is 11.1. The zero-order chi connectivity index (χ0) is 10.2. The summed E-state index contributed by atoms with van der Waals surface area (Å²) < 4.78 is 1.30. The molecule has 1 aromatic carbocycles. The Labute approximate surface area is 89.6 Å². The first-order valence-electron chi connectivity index (χ1n) is 4.61. The van der Waals surface area contributed by atoms with Crippen molar-refractivity contribution >= 4 is 20.5 Å². The van der Waals surface area contributed by atoms with E-state index in [0.717, 1.165) is 0 Å². The van der Waals surface area contributed by atoms with E-state index in [-0.39, 0.29) is 5.41 Å². The van der Waals surface area contributed by atoms with Gasteiger partial charge in [0.15, 0.2) is 0 Å². The van der Waals surface area contributed by atoms with Crippen LogP contribution in [0.2, 0.25) is 0 Å². The molecule has 0 atom stereocenters. The number of hydrogen-bond acceptors (Lipinski definition) is 0. The van der Waals surface area contributed by atoms with Crippen LogP contribution in [0.5, 0.6) is 0 Å². The fraction of sp³-hybridized carbons (Fsp3) is 0.500. The Hall–Kier alpha value is -0.261. The quantitative estimate of drug-likeness (QED) is 0.611. The summed E-state index contributed by atoms with van der Waals surface area (Å²) in [5.41, 5.74) is 4.40. The van der Waals surface area contributed by atoms with Gasteiger partial charge in [-0.2, -0.15) is 0 Å². The topological polar surface area (TPSA) is 0 Å². The maximum atomic E-state index is 3.16. The van der Waals surface area contributed by atoms with E-state index in [9.17, 15) is 0 Å². The van der Waals surface area contributed by atoms with Crippen molar-refractivity contribution in [3.63, 3.8) is 0 Å². The van der Waals surface area contributed by atoms with Crippen molar-refractivity contribution < 1.29 is 0 Å². The molecule has 1 aromatic rings. The van der Waals surface area contributed by atoms with Crippen LogP contribution >= 0.6 is 0 Å². The fourth-order valence-electron chi connectivity index (χ4n) is 1.89. The molecular formula is C12H17Se. The normalized spacial score (nSPS) is 11.8. The van der Waals surface area contributed by atoms with Crippen molar-refractivity contribution in [2.75, 3.05) is 0 Å². The molecule has 0 saturated heterocycles. The van der Waals surface area contributed by atoms with Crippen molar-refractivity contribution in [1.82, 2.24) is 0 Å². The molecule has 0 aliphatic carbocycles. The molecule has 1 radical (unpaired) electrons. The van der Waals surface area contributed by atoms with Gasteiger partial charge in [0.2, 0.25) is 0 Å². The summed E-state index contributed by atoms with van der Waals surface area (Å²) in [5.74, 6) is 0. The predicted molar refractivity (Wildman–Crippen MR) is 60.0 cm³/mol. The molecule has 1 heteroatoms. The van der Waals surface area contributed by atoms with E-state index in [2.05, 4.69) is 62.8 Å². The molecule has 0 aliphatic rings. The summed E-state index contributed by atoms with van der Waals surface area (Å²) >= 11 is 3.16. The Morgan fingerprint density at radius 1 is 1.08 bits per heavy atom. The van der Waals surface area contributed by atoms with E-state index in [1.165, 1.54) is 21.2 Å². The zero-order valence-electron chi connectivity index (χ0n) is 9.06. The van der Waals surface area contributed by atoms with Crippen LogP contribution in [-0.4, -0.2) is 16.0 Å². The average Bonchev–Trinajstić information content (AvgIpc) is 1.78. The van der Waals surface area contributed by atoms with Crippen molar-refractivity contribution in [1.29, 1.82) is 0 Å². The van der Waals surface area contributed by atoms with Gasteiger partial charge in [0.25, 0.3) is 0 Å². The van der Waals surface area contributed by atoms with E-state index in [1.54, 1.807) is 0 Å². The molecule has 0 bridgehead atoms. The van der Waals surface area contributed by atoms with Gasteiger partial charge in [-0.1, -0.05) is 0 Å². The van der Waals surface area contributed by atoms with Gasteiger partial charge in [-0.15, -0.1) is 0 Å². The van der Waals surface area contributed by atoms with Crippen LogP contribution in [0.3, 0.4) is 0 Å². The Bertz CT molecular complexity index is 295. The van der Waals surface area contributed by atoms with Crippen molar-refractivity contribution in [3.8, 4) is 0 Å². The van der Waals surface area contributed by atoms with E-state index in [1.807, 2.05) is 0 Å². The first kappa shape index (κ1) is 10.8. The fourth-order valence-corrected chi connectivity index (χ4v) is 3.26. The minimum absolute atomic E-state index is 0.234. The van der Waals surface area contributed by atoms with Crippen molar-refractivity contribution in [2.24, 2.45) is 0 Å². The van der Waals surface area contributed by atoms with Gasteiger partial charge in [0.05, 0.1) is 0 Å². The molecule has 0 unspecified atom stereocenters. The van der Waals surface area contributed by atoms with Gasteiger partial charge >= 0.3 is 89.3 Å². The summed E-state index contributed by atoms with van der Waals surface area (Å²) in [6.07, 6.45) is 0. The summed E-state index contributed by atoms with van der Waals surface area (Å²) in [7, 11) is 0. The third-order valence-corrected chi connectivity index (χ3v) is 2.87. The standard InChI is InChI=1S/C12H17Se/c1-8-6-9(2)11(10(13)7-8)12(3,4)5/h6-7H,1-5H3. The van der Waals surface area contributed by atoms with Crippen LogP contribution in [0.25, 0.3) is 0 Å². The monoisotopic (exact) mass is 241 g/mol. The van der Waals surface area contributed by atoms with Crippen LogP contribution < -0.4 is 4.46 Å². The average molecular weight is 240 g/mol. The molecule has 0 fully saturated rings. The molecule has 0 aromatic heterocycles. The molecule has 13 heavy (non-hydrogen) atoms. The van der Waals surface area contributed by atoms with Gasteiger partial charge in [0.1, 0.15) is 0 Å². The number of benzene rings is 1. The number of hydrogen-bond donors (Lipinski definition) is 0. The molecule has 0 spiro atoms. The van der Waals surface area contributed by atoms with Crippen LogP contribution in [0, 0.1) is 13.8 Å². The first-order chi connectivity index (χ1) is 5.82. The van der Waals surface area contributed by atoms with Gasteiger partial charge in [-0.25, -0.2) is 0 Å². The molecular weight excluding hydrogens is 223 g/mol. The van der Waals surface area contributed by atoms with Gasteiger partial charge in [-0.05, 0) is 0 Å². The minimum atomic E-state index is 0.234. The van der Waals surface area contributed by atoms with Crippen LogP contribution in [0.1, 0.15) is 37.5 Å². The van der Waals surface area contributed by atoms with Gasteiger partial charge in [0, 0.05) is 0 Å².